The van der Waals surface area contributed by atoms with Gasteiger partial charge in [-0.3, -0.25) is 4.79 Å². The van der Waals surface area contributed by atoms with E-state index in [4.69, 9.17) is 13.9 Å². The van der Waals surface area contributed by atoms with Gasteiger partial charge in [0.05, 0.1) is 12.0 Å². The standard InChI is InChI=1S/C26H27N5O3S/c1-17-27-28-26(30(17)19-9-3-2-4-10-19)35-16-25(32)31-21(23-12-7-13-33-23)15-20(29-31)24-14-18-8-5-6-11-22(18)34-24/h5-8,11-14,19,21H,2-4,9-10,15-16H2,1H3. The number of nitrogens with zero attached hydrogens (tertiary/aromatic N) is 5. The minimum atomic E-state index is -0.306. The lowest BCUT2D eigenvalue weighted by molar-refractivity contribution is -0.130. The van der Waals surface area contributed by atoms with Gasteiger partial charge in [0, 0.05) is 17.8 Å². The number of furan rings is 2. The maximum absolute atomic E-state index is 13.4. The van der Waals surface area contributed by atoms with Crippen molar-refractivity contribution >= 4 is 34.3 Å². The quantitative estimate of drug-likeness (QED) is 0.313. The zero-order valence-corrected chi connectivity index (χ0v) is 20.4. The van der Waals surface area contributed by atoms with E-state index in [2.05, 4.69) is 14.8 Å². The molecule has 9 heteroatoms. The third-order valence-electron chi connectivity index (χ3n) is 6.85. The summed E-state index contributed by atoms with van der Waals surface area (Å²) in [6.45, 7) is 1.99. The molecule has 2 aliphatic rings. The first kappa shape index (κ1) is 22.2. The number of rotatable bonds is 6. The van der Waals surface area contributed by atoms with E-state index in [-0.39, 0.29) is 17.7 Å². The van der Waals surface area contributed by atoms with Crippen LogP contribution in [0.5, 0.6) is 0 Å². The van der Waals surface area contributed by atoms with E-state index in [1.165, 1.54) is 31.0 Å². The van der Waals surface area contributed by atoms with Crippen molar-refractivity contribution in [3.05, 3.63) is 66.1 Å². The van der Waals surface area contributed by atoms with Crippen LogP contribution in [-0.4, -0.2) is 37.1 Å². The van der Waals surface area contributed by atoms with Crippen LogP contribution in [0.1, 0.15) is 68.0 Å². The van der Waals surface area contributed by atoms with Gasteiger partial charge in [-0.15, -0.1) is 10.2 Å². The second-order valence-corrected chi connectivity index (χ2v) is 10.1. The summed E-state index contributed by atoms with van der Waals surface area (Å²) in [5.74, 6) is 2.42. The topological polar surface area (TPSA) is 89.7 Å². The number of carbonyl (C=O) groups excluding carboxylic acids is 1. The van der Waals surface area contributed by atoms with Gasteiger partial charge in [-0.05, 0) is 44.0 Å². The molecular weight excluding hydrogens is 462 g/mol. The number of fused-ring (bicyclic) bond motifs is 1. The molecular formula is C26H27N5O3S. The first-order valence-electron chi connectivity index (χ1n) is 12.1. The normalized spacial score (nSPS) is 18.9. The molecule has 0 radical (unpaired) electrons. The Labute approximate surface area is 207 Å². The fourth-order valence-corrected chi connectivity index (χ4v) is 6.02. The summed E-state index contributed by atoms with van der Waals surface area (Å²) in [5, 5.41) is 16.8. The highest BCUT2D eigenvalue weighted by atomic mass is 32.2. The van der Waals surface area contributed by atoms with E-state index >= 15 is 0 Å². The summed E-state index contributed by atoms with van der Waals surface area (Å²) in [6.07, 6.45) is 8.17. The number of hydrogen-bond acceptors (Lipinski definition) is 7. The van der Waals surface area contributed by atoms with Gasteiger partial charge in [0.1, 0.15) is 28.9 Å². The number of hydrazone groups is 1. The molecule has 1 aromatic carbocycles. The Morgan fingerprint density at radius 1 is 1.11 bits per heavy atom. The Hall–Kier alpha value is -3.33. The molecule has 3 aromatic heterocycles. The predicted octanol–water partition coefficient (Wildman–Crippen LogP) is 5.90. The Morgan fingerprint density at radius 3 is 2.77 bits per heavy atom. The number of carbonyl (C=O) groups is 1. The molecule has 0 bridgehead atoms. The van der Waals surface area contributed by atoms with Crippen molar-refractivity contribution in [2.45, 2.75) is 62.7 Å². The number of hydrogen-bond donors (Lipinski definition) is 0. The number of aromatic nitrogens is 3. The largest absolute Gasteiger partial charge is 0.467 e. The van der Waals surface area contributed by atoms with E-state index in [9.17, 15) is 4.79 Å². The molecule has 0 N–H and O–H groups in total. The maximum atomic E-state index is 13.4. The lowest BCUT2D eigenvalue weighted by Crippen LogP contribution is -2.28. The van der Waals surface area contributed by atoms with Crippen LogP contribution in [0.3, 0.4) is 0 Å². The summed E-state index contributed by atoms with van der Waals surface area (Å²) in [6, 6.07) is 13.7. The monoisotopic (exact) mass is 489 g/mol. The van der Waals surface area contributed by atoms with Crippen LogP contribution in [0.25, 0.3) is 11.0 Å². The molecule has 1 fully saturated rings. The second kappa shape index (κ2) is 9.37. The molecule has 1 aliphatic heterocycles. The average Bonchev–Trinajstić information content (AvgIpc) is 3.68. The van der Waals surface area contributed by atoms with Crippen LogP contribution < -0.4 is 0 Å². The summed E-state index contributed by atoms with van der Waals surface area (Å²) < 4.78 is 13.9. The van der Waals surface area contributed by atoms with Crippen LogP contribution in [-0.2, 0) is 4.79 Å². The third kappa shape index (κ3) is 4.29. The fraction of sp³-hybridized carbons (Fsp3) is 0.385. The smallest absolute Gasteiger partial charge is 0.253 e. The molecule has 0 spiro atoms. The Balaban J connectivity index is 1.24. The SMILES string of the molecule is Cc1nnc(SCC(=O)N2N=C(c3cc4ccccc4o3)CC2c2ccco2)n1C1CCCCC1. The molecule has 6 rings (SSSR count). The van der Waals surface area contributed by atoms with Crippen LogP contribution in [0.2, 0.25) is 0 Å². The van der Waals surface area contributed by atoms with Crippen LogP contribution in [0.15, 0.2) is 67.8 Å². The van der Waals surface area contributed by atoms with E-state index in [1.54, 1.807) is 11.3 Å². The minimum Gasteiger partial charge on any atom is -0.467 e. The number of benzene rings is 1. The summed E-state index contributed by atoms with van der Waals surface area (Å²) in [7, 11) is 0. The zero-order valence-electron chi connectivity index (χ0n) is 19.6. The molecule has 0 saturated heterocycles. The number of amides is 1. The molecule has 1 amide bonds. The molecule has 35 heavy (non-hydrogen) atoms. The Morgan fingerprint density at radius 2 is 1.97 bits per heavy atom. The van der Waals surface area contributed by atoms with E-state index in [0.717, 1.165) is 40.5 Å². The molecule has 1 saturated carbocycles. The lowest BCUT2D eigenvalue weighted by atomic mass is 9.95. The van der Waals surface area contributed by atoms with E-state index < -0.39 is 0 Å². The van der Waals surface area contributed by atoms with Crippen LogP contribution in [0.4, 0.5) is 0 Å². The second-order valence-electron chi connectivity index (χ2n) is 9.15. The maximum Gasteiger partial charge on any atom is 0.253 e. The number of thioether (sulfide) groups is 1. The summed E-state index contributed by atoms with van der Waals surface area (Å²) in [4.78, 5) is 13.4. The van der Waals surface area contributed by atoms with Gasteiger partial charge < -0.3 is 13.4 Å². The molecule has 1 atom stereocenters. The van der Waals surface area contributed by atoms with Crippen molar-refractivity contribution in [2.24, 2.45) is 5.10 Å². The van der Waals surface area contributed by atoms with E-state index in [1.807, 2.05) is 49.4 Å². The molecule has 8 nitrogen and oxygen atoms in total. The molecule has 1 aliphatic carbocycles. The van der Waals surface area contributed by atoms with Gasteiger partial charge in [-0.2, -0.15) is 5.10 Å². The molecule has 4 heterocycles. The first-order valence-corrected chi connectivity index (χ1v) is 13.1. The highest BCUT2D eigenvalue weighted by Gasteiger charge is 2.36. The van der Waals surface area contributed by atoms with Gasteiger partial charge in [-0.25, -0.2) is 5.01 Å². The van der Waals surface area contributed by atoms with Gasteiger partial charge in [0.25, 0.3) is 5.91 Å². The molecule has 180 valence electrons. The van der Waals surface area contributed by atoms with Crippen molar-refractivity contribution in [2.75, 3.05) is 5.75 Å². The van der Waals surface area contributed by atoms with Crippen molar-refractivity contribution in [3.63, 3.8) is 0 Å². The van der Waals surface area contributed by atoms with Crippen LogP contribution >= 0.6 is 11.8 Å². The Bertz CT molecular complexity index is 1330. The highest BCUT2D eigenvalue weighted by molar-refractivity contribution is 7.99. The van der Waals surface area contributed by atoms with E-state index in [0.29, 0.717) is 24.0 Å². The van der Waals surface area contributed by atoms with Gasteiger partial charge in [0.2, 0.25) is 0 Å². The fourth-order valence-electron chi connectivity index (χ4n) is 5.12. The first-order chi connectivity index (χ1) is 17.2. The summed E-state index contributed by atoms with van der Waals surface area (Å²) >= 11 is 1.43. The van der Waals surface area contributed by atoms with Crippen LogP contribution in [0, 0.1) is 6.92 Å². The average molecular weight is 490 g/mol. The van der Waals surface area contributed by atoms with Gasteiger partial charge in [-0.1, -0.05) is 49.2 Å². The summed E-state index contributed by atoms with van der Waals surface area (Å²) in [5.41, 5.74) is 1.54. The highest BCUT2D eigenvalue weighted by Crippen LogP contribution is 2.36. The number of aryl methyl sites for hydroxylation is 1. The Kier molecular flexibility index (Phi) is 5.93. The minimum absolute atomic E-state index is 0.0987. The molecule has 4 aromatic rings. The van der Waals surface area contributed by atoms with Crippen molar-refractivity contribution in [1.29, 1.82) is 0 Å². The van der Waals surface area contributed by atoms with Crippen molar-refractivity contribution < 1.29 is 13.6 Å². The predicted molar refractivity (Wildman–Crippen MR) is 133 cm³/mol. The van der Waals surface area contributed by atoms with Crippen molar-refractivity contribution in [3.8, 4) is 0 Å². The van der Waals surface area contributed by atoms with Gasteiger partial charge in [0.15, 0.2) is 10.9 Å². The van der Waals surface area contributed by atoms with Gasteiger partial charge >= 0.3 is 0 Å². The third-order valence-corrected chi connectivity index (χ3v) is 7.77. The lowest BCUT2D eigenvalue weighted by Gasteiger charge is -2.25. The number of para-hydroxylation sites is 1. The zero-order chi connectivity index (χ0) is 23.8. The molecule has 1 unspecified atom stereocenters. The van der Waals surface area contributed by atoms with Crippen molar-refractivity contribution in [1.82, 2.24) is 19.8 Å².